The van der Waals surface area contributed by atoms with Gasteiger partial charge in [0.15, 0.2) is 0 Å². The molecule has 0 radical (unpaired) electrons. The molecule has 0 aliphatic carbocycles. The van der Waals surface area contributed by atoms with Crippen molar-refractivity contribution in [2.75, 3.05) is 0 Å². The number of nitrogens with two attached hydrogens (primary N) is 1. The molecule has 0 unspecified atom stereocenters. The summed E-state index contributed by atoms with van der Waals surface area (Å²) in [7, 11) is 0. The smallest absolute Gasteiger partial charge is 0.265 e. The average Bonchev–Trinajstić information content (AvgIpc) is 3.03. The van der Waals surface area contributed by atoms with Gasteiger partial charge in [-0.25, -0.2) is 9.67 Å². The summed E-state index contributed by atoms with van der Waals surface area (Å²) in [6, 6.07) is 8.73. The van der Waals surface area contributed by atoms with Gasteiger partial charge in [-0.3, -0.25) is 14.6 Å². The first kappa shape index (κ1) is 15.0. The number of amides is 1. The Morgan fingerprint density at radius 2 is 2.04 bits per heavy atom. The van der Waals surface area contributed by atoms with Crippen LogP contribution in [-0.4, -0.2) is 25.7 Å². The molecule has 0 fully saturated rings. The SMILES string of the molecule is NC(=O)c1c(Cc2ccc(Cl)cc2)nc(-n2cccn2)[nH]c1=O. The fraction of sp³-hybridized carbons (Fsp3) is 0.0667. The van der Waals surface area contributed by atoms with Crippen LogP contribution in [0.1, 0.15) is 21.6 Å². The van der Waals surface area contributed by atoms with E-state index < -0.39 is 11.5 Å². The lowest BCUT2D eigenvalue weighted by atomic mass is 10.1. The molecule has 7 nitrogen and oxygen atoms in total. The summed E-state index contributed by atoms with van der Waals surface area (Å²) in [5.41, 5.74) is 5.70. The number of nitrogens with one attached hydrogen (secondary N) is 1. The molecule has 0 aliphatic heterocycles. The van der Waals surface area contributed by atoms with Crippen molar-refractivity contribution < 1.29 is 4.79 Å². The number of rotatable bonds is 4. The van der Waals surface area contributed by atoms with Crippen molar-refractivity contribution in [3.63, 3.8) is 0 Å². The molecule has 0 saturated carbocycles. The van der Waals surface area contributed by atoms with Crippen LogP contribution in [0.5, 0.6) is 0 Å². The summed E-state index contributed by atoms with van der Waals surface area (Å²) in [6.45, 7) is 0. The van der Waals surface area contributed by atoms with Gasteiger partial charge in [0.25, 0.3) is 11.5 Å². The number of halogens is 1. The quantitative estimate of drug-likeness (QED) is 0.752. The third-order valence-corrected chi connectivity index (χ3v) is 3.49. The highest BCUT2D eigenvalue weighted by molar-refractivity contribution is 6.30. The number of hydrogen-bond acceptors (Lipinski definition) is 4. The van der Waals surface area contributed by atoms with E-state index in [2.05, 4.69) is 15.1 Å². The molecule has 3 rings (SSSR count). The van der Waals surface area contributed by atoms with Gasteiger partial charge in [-0.15, -0.1) is 0 Å². The first-order valence-electron chi connectivity index (χ1n) is 6.72. The van der Waals surface area contributed by atoms with Crippen molar-refractivity contribution in [2.45, 2.75) is 6.42 Å². The molecule has 1 aromatic carbocycles. The van der Waals surface area contributed by atoms with Crippen molar-refractivity contribution in [3.05, 3.63) is 74.9 Å². The standard InChI is InChI=1S/C15H12ClN5O2/c16-10-4-2-9(3-5-10)8-11-12(13(17)22)14(23)20-15(19-11)21-7-1-6-18-21/h1-7H,8H2,(H2,17,22)(H,19,20,23). The molecule has 23 heavy (non-hydrogen) atoms. The van der Waals surface area contributed by atoms with Crippen LogP contribution in [0.4, 0.5) is 0 Å². The zero-order valence-corrected chi connectivity index (χ0v) is 12.6. The molecular weight excluding hydrogens is 318 g/mol. The van der Waals surface area contributed by atoms with Crippen LogP contribution in [0.3, 0.4) is 0 Å². The largest absolute Gasteiger partial charge is 0.365 e. The number of aromatic nitrogens is 4. The Morgan fingerprint density at radius 3 is 2.65 bits per heavy atom. The predicted molar refractivity (Wildman–Crippen MR) is 84.8 cm³/mol. The monoisotopic (exact) mass is 329 g/mol. The molecular formula is C15H12ClN5O2. The number of carbonyl (C=O) groups excluding carboxylic acids is 1. The highest BCUT2D eigenvalue weighted by Crippen LogP contribution is 2.14. The highest BCUT2D eigenvalue weighted by atomic mass is 35.5. The summed E-state index contributed by atoms with van der Waals surface area (Å²) < 4.78 is 1.40. The summed E-state index contributed by atoms with van der Waals surface area (Å²) in [4.78, 5) is 30.6. The lowest BCUT2D eigenvalue weighted by Gasteiger charge is -2.08. The average molecular weight is 330 g/mol. The highest BCUT2D eigenvalue weighted by Gasteiger charge is 2.17. The van der Waals surface area contributed by atoms with Gasteiger partial charge >= 0.3 is 0 Å². The minimum absolute atomic E-state index is 0.157. The van der Waals surface area contributed by atoms with Crippen LogP contribution in [0, 0.1) is 0 Å². The van der Waals surface area contributed by atoms with Gasteiger partial charge in [-0.05, 0) is 23.8 Å². The minimum Gasteiger partial charge on any atom is -0.365 e. The first-order valence-corrected chi connectivity index (χ1v) is 7.10. The molecule has 0 aliphatic rings. The Balaban J connectivity index is 2.10. The van der Waals surface area contributed by atoms with Crippen LogP contribution in [-0.2, 0) is 6.42 Å². The van der Waals surface area contributed by atoms with Crippen LogP contribution < -0.4 is 11.3 Å². The lowest BCUT2D eigenvalue weighted by molar-refractivity contribution is 0.0997. The van der Waals surface area contributed by atoms with Crippen molar-refractivity contribution in [2.24, 2.45) is 5.73 Å². The van der Waals surface area contributed by atoms with E-state index in [1.54, 1.807) is 42.7 Å². The lowest BCUT2D eigenvalue weighted by Crippen LogP contribution is -2.29. The zero-order valence-electron chi connectivity index (χ0n) is 11.9. The Bertz CT molecular complexity index is 901. The van der Waals surface area contributed by atoms with E-state index in [9.17, 15) is 9.59 Å². The van der Waals surface area contributed by atoms with Gasteiger partial charge in [0, 0.05) is 23.8 Å². The number of carbonyl (C=O) groups is 1. The number of nitrogens with zero attached hydrogens (tertiary/aromatic N) is 3. The Hall–Kier alpha value is -2.93. The molecule has 0 bridgehead atoms. The van der Waals surface area contributed by atoms with Gasteiger partial charge in [-0.1, -0.05) is 23.7 Å². The Labute approximate surface area is 135 Å². The molecule has 1 amide bonds. The Kier molecular flexibility index (Phi) is 3.94. The number of primary amides is 1. The second-order valence-electron chi connectivity index (χ2n) is 4.83. The van der Waals surface area contributed by atoms with Crippen LogP contribution in [0.2, 0.25) is 5.02 Å². The van der Waals surface area contributed by atoms with Crippen LogP contribution in [0.25, 0.3) is 5.95 Å². The second kappa shape index (κ2) is 6.05. The maximum absolute atomic E-state index is 12.2. The third kappa shape index (κ3) is 3.14. The van der Waals surface area contributed by atoms with Gasteiger partial charge in [0.05, 0.1) is 5.69 Å². The first-order chi connectivity index (χ1) is 11.0. The number of hydrogen-bond donors (Lipinski definition) is 2. The van der Waals surface area contributed by atoms with E-state index in [1.165, 1.54) is 4.68 Å². The van der Waals surface area contributed by atoms with Crippen LogP contribution >= 0.6 is 11.6 Å². The molecule has 8 heteroatoms. The fourth-order valence-corrected chi connectivity index (χ4v) is 2.31. The van der Waals surface area contributed by atoms with Gasteiger partial charge in [0.2, 0.25) is 5.95 Å². The van der Waals surface area contributed by atoms with E-state index in [1.807, 2.05) is 0 Å². The summed E-state index contributed by atoms with van der Waals surface area (Å²) in [5, 5.41) is 4.61. The third-order valence-electron chi connectivity index (χ3n) is 3.23. The molecule has 3 N–H and O–H groups in total. The summed E-state index contributed by atoms with van der Waals surface area (Å²) in [6.07, 6.45) is 3.46. The second-order valence-corrected chi connectivity index (χ2v) is 5.27. The van der Waals surface area contributed by atoms with E-state index in [0.717, 1.165) is 5.56 Å². The van der Waals surface area contributed by atoms with E-state index in [0.29, 0.717) is 5.02 Å². The minimum atomic E-state index is -0.824. The molecule has 116 valence electrons. The summed E-state index contributed by atoms with van der Waals surface area (Å²) in [5.74, 6) is -0.608. The van der Waals surface area contributed by atoms with Crippen molar-refractivity contribution in [1.82, 2.24) is 19.7 Å². The zero-order chi connectivity index (χ0) is 16.4. The summed E-state index contributed by atoms with van der Waals surface area (Å²) >= 11 is 5.86. The van der Waals surface area contributed by atoms with Gasteiger partial charge < -0.3 is 5.73 Å². The topological polar surface area (TPSA) is 107 Å². The fourth-order valence-electron chi connectivity index (χ4n) is 2.19. The number of aromatic amines is 1. The predicted octanol–water partition coefficient (Wildman–Crippen LogP) is 1.30. The molecule has 3 aromatic rings. The van der Waals surface area contributed by atoms with Crippen molar-refractivity contribution in [1.29, 1.82) is 0 Å². The van der Waals surface area contributed by atoms with E-state index in [4.69, 9.17) is 17.3 Å². The maximum Gasteiger partial charge on any atom is 0.265 e. The molecule has 0 atom stereocenters. The molecule has 0 saturated heterocycles. The molecule has 0 spiro atoms. The van der Waals surface area contributed by atoms with Gasteiger partial charge in [-0.2, -0.15) is 5.10 Å². The maximum atomic E-state index is 12.2. The van der Waals surface area contributed by atoms with Crippen molar-refractivity contribution in [3.8, 4) is 5.95 Å². The normalized spacial score (nSPS) is 10.7. The molecule has 2 aromatic heterocycles. The van der Waals surface area contributed by atoms with E-state index >= 15 is 0 Å². The number of benzene rings is 1. The van der Waals surface area contributed by atoms with Crippen molar-refractivity contribution >= 4 is 17.5 Å². The van der Waals surface area contributed by atoms with Gasteiger partial charge in [0.1, 0.15) is 5.56 Å². The number of H-pyrrole nitrogens is 1. The van der Waals surface area contributed by atoms with Crippen LogP contribution in [0.15, 0.2) is 47.5 Å². The Morgan fingerprint density at radius 1 is 1.30 bits per heavy atom. The molecule has 2 heterocycles. The van der Waals surface area contributed by atoms with E-state index in [-0.39, 0.29) is 23.6 Å².